The van der Waals surface area contributed by atoms with Crippen molar-refractivity contribution in [3.05, 3.63) is 52.7 Å². The van der Waals surface area contributed by atoms with Crippen LogP contribution in [0.25, 0.3) is 0 Å². The van der Waals surface area contributed by atoms with Crippen LogP contribution in [0.4, 0.5) is 0 Å². The molecule has 0 saturated carbocycles. The molecule has 16 heavy (non-hydrogen) atoms. The monoisotopic (exact) mass is 280 g/mol. The number of hydrogen-bond acceptors (Lipinski definition) is 3. The maximum absolute atomic E-state index is 5.32. The van der Waals surface area contributed by atoms with Crippen molar-refractivity contribution in [3.63, 3.8) is 0 Å². The van der Waals surface area contributed by atoms with Gasteiger partial charge in [-0.25, -0.2) is 4.98 Å². The molecule has 0 radical (unpaired) electrons. The Labute approximate surface area is 103 Å². The summed E-state index contributed by atoms with van der Waals surface area (Å²) >= 11 is 3.35. The maximum atomic E-state index is 5.32. The fraction of sp³-hybridized carbons (Fsp3) is 0.250. The van der Waals surface area contributed by atoms with Crippen molar-refractivity contribution >= 4 is 15.9 Å². The van der Waals surface area contributed by atoms with E-state index >= 15 is 0 Å². The summed E-state index contributed by atoms with van der Waals surface area (Å²) in [6.07, 6.45) is 1.69. The fourth-order valence-electron chi connectivity index (χ4n) is 1.44. The minimum atomic E-state index is 0.191. The van der Waals surface area contributed by atoms with Crippen LogP contribution < -0.4 is 5.32 Å². The average Bonchev–Trinajstić information content (AvgIpc) is 2.79. The van der Waals surface area contributed by atoms with Gasteiger partial charge in [-0.3, -0.25) is 0 Å². The smallest absolute Gasteiger partial charge is 0.120 e. The lowest BCUT2D eigenvalue weighted by molar-refractivity contribution is 0.428. The minimum Gasteiger partial charge on any atom is -0.468 e. The first-order chi connectivity index (χ1) is 7.75. The molecule has 0 fully saturated rings. The minimum absolute atomic E-state index is 0.191. The van der Waals surface area contributed by atoms with Crippen LogP contribution in [0.2, 0.25) is 0 Å². The Morgan fingerprint density at radius 3 is 2.94 bits per heavy atom. The highest BCUT2D eigenvalue weighted by atomic mass is 79.9. The third kappa shape index (κ3) is 2.93. The first kappa shape index (κ1) is 11.4. The largest absolute Gasteiger partial charge is 0.468 e. The lowest BCUT2D eigenvalue weighted by atomic mass is 10.2. The Balaban J connectivity index is 1.92. The quantitative estimate of drug-likeness (QED) is 0.874. The van der Waals surface area contributed by atoms with Crippen molar-refractivity contribution < 1.29 is 4.42 Å². The second-order valence-corrected chi connectivity index (χ2v) is 4.38. The summed E-state index contributed by atoms with van der Waals surface area (Å²) in [4.78, 5) is 4.35. The van der Waals surface area contributed by atoms with Crippen LogP contribution in [0, 0.1) is 0 Å². The van der Waals surface area contributed by atoms with Crippen LogP contribution in [-0.4, -0.2) is 4.98 Å². The number of aromatic nitrogens is 1. The number of rotatable bonds is 4. The second kappa shape index (κ2) is 5.27. The molecule has 2 aromatic rings. The van der Waals surface area contributed by atoms with Crippen LogP contribution in [-0.2, 0) is 6.54 Å². The van der Waals surface area contributed by atoms with E-state index < -0.39 is 0 Å². The van der Waals surface area contributed by atoms with Gasteiger partial charge in [0.05, 0.1) is 18.0 Å². The van der Waals surface area contributed by atoms with Crippen molar-refractivity contribution in [1.29, 1.82) is 0 Å². The number of nitrogens with one attached hydrogen (secondary N) is 1. The zero-order valence-corrected chi connectivity index (χ0v) is 10.6. The van der Waals surface area contributed by atoms with E-state index in [4.69, 9.17) is 4.42 Å². The van der Waals surface area contributed by atoms with Crippen LogP contribution in [0.1, 0.15) is 24.4 Å². The Hall–Kier alpha value is -1.13. The lowest BCUT2D eigenvalue weighted by Crippen LogP contribution is -2.18. The van der Waals surface area contributed by atoms with E-state index in [1.54, 1.807) is 6.26 Å². The van der Waals surface area contributed by atoms with Crippen LogP contribution in [0.15, 0.2) is 45.6 Å². The molecule has 4 heteroatoms. The first-order valence-electron chi connectivity index (χ1n) is 5.14. The zero-order valence-electron chi connectivity index (χ0n) is 8.98. The normalized spacial score (nSPS) is 12.6. The molecule has 0 aliphatic carbocycles. The fourth-order valence-corrected chi connectivity index (χ4v) is 1.83. The van der Waals surface area contributed by atoms with E-state index in [-0.39, 0.29) is 6.04 Å². The molecule has 0 aromatic carbocycles. The van der Waals surface area contributed by atoms with Gasteiger partial charge >= 0.3 is 0 Å². The van der Waals surface area contributed by atoms with Crippen molar-refractivity contribution in [1.82, 2.24) is 10.3 Å². The highest BCUT2D eigenvalue weighted by molar-refractivity contribution is 9.10. The number of halogens is 1. The average molecular weight is 281 g/mol. The van der Waals surface area contributed by atoms with Crippen molar-refractivity contribution in [3.8, 4) is 0 Å². The molecule has 3 nitrogen and oxygen atoms in total. The topological polar surface area (TPSA) is 38.1 Å². The van der Waals surface area contributed by atoms with Gasteiger partial charge in [-0.15, -0.1) is 0 Å². The summed E-state index contributed by atoms with van der Waals surface area (Å²) in [5.41, 5.74) is 1.01. The Kier molecular flexibility index (Phi) is 3.74. The summed E-state index contributed by atoms with van der Waals surface area (Å²) in [5.74, 6) is 0.940. The molecule has 2 heterocycles. The summed E-state index contributed by atoms with van der Waals surface area (Å²) in [6.45, 7) is 2.79. The van der Waals surface area contributed by atoms with E-state index in [0.29, 0.717) is 0 Å². The van der Waals surface area contributed by atoms with Gasteiger partial charge in [-0.2, -0.15) is 0 Å². The van der Waals surface area contributed by atoms with Gasteiger partial charge in [0, 0.05) is 6.54 Å². The van der Waals surface area contributed by atoms with Gasteiger partial charge in [0.15, 0.2) is 0 Å². The molecular weight excluding hydrogens is 268 g/mol. The SMILES string of the molecule is C[C@@H](NCc1cccc(Br)n1)c1ccco1. The molecule has 0 aliphatic heterocycles. The van der Waals surface area contributed by atoms with Crippen molar-refractivity contribution in [2.45, 2.75) is 19.5 Å². The molecule has 0 unspecified atom stereocenters. The summed E-state index contributed by atoms with van der Waals surface area (Å²) < 4.78 is 6.17. The second-order valence-electron chi connectivity index (χ2n) is 3.57. The van der Waals surface area contributed by atoms with E-state index in [0.717, 1.165) is 22.6 Å². The first-order valence-corrected chi connectivity index (χ1v) is 5.93. The van der Waals surface area contributed by atoms with E-state index in [1.807, 2.05) is 30.3 Å². The van der Waals surface area contributed by atoms with Crippen LogP contribution in [0.5, 0.6) is 0 Å². The molecule has 2 aromatic heterocycles. The van der Waals surface area contributed by atoms with E-state index in [2.05, 4.69) is 33.2 Å². The number of pyridine rings is 1. The third-order valence-electron chi connectivity index (χ3n) is 2.33. The number of hydrogen-bond donors (Lipinski definition) is 1. The molecule has 0 spiro atoms. The lowest BCUT2D eigenvalue weighted by Gasteiger charge is -2.10. The standard InChI is InChI=1S/C12H13BrN2O/c1-9(11-5-3-7-16-11)14-8-10-4-2-6-12(13)15-10/h2-7,9,14H,8H2,1H3/t9-/m1/s1. The Bertz CT molecular complexity index is 442. The molecule has 84 valence electrons. The summed E-state index contributed by atoms with van der Waals surface area (Å²) in [6, 6.07) is 9.94. The maximum Gasteiger partial charge on any atom is 0.120 e. The van der Waals surface area contributed by atoms with Crippen LogP contribution in [0.3, 0.4) is 0 Å². The zero-order chi connectivity index (χ0) is 11.4. The third-order valence-corrected chi connectivity index (χ3v) is 2.77. The molecule has 1 N–H and O–H groups in total. The highest BCUT2D eigenvalue weighted by Crippen LogP contribution is 2.13. The highest BCUT2D eigenvalue weighted by Gasteiger charge is 2.07. The van der Waals surface area contributed by atoms with E-state index in [9.17, 15) is 0 Å². The van der Waals surface area contributed by atoms with Gasteiger partial charge in [0.2, 0.25) is 0 Å². The number of furan rings is 1. The predicted molar refractivity (Wildman–Crippen MR) is 65.9 cm³/mol. The predicted octanol–water partition coefficient (Wildman–Crippen LogP) is 3.29. The molecular formula is C12H13BrN2O. The molecule has 2 rings (SSSR count). The molecule has 0 aliphatic rings. The molecule has 0 saturated heterocycles. The molecule has 0 amide bonds. The van der Waals surface area contributed by atoms with Crippen LogP contribution >= 0.6 is 15.9 Å². The Morgan fingerprint density at radius 2 is 2.25 bits per heavy atom. The summed E-state index contributed by atoms with van der Waals surface area (Å²) in [7, 11) is 0. The number of nitrogens with zero attached hydrogens (tertiary/aromatic N) is 1. The molecule has 1 atom stereocenters. The van der Waals surface area contributed by atoms with Crippen molar-refractivity contribution in [2.24, 2.45) is 0 Å². The van der Waals surface area contributed by atoms with Crippen molar-refractivity contribution in [2.75, 3.05) is 0 Å². The van der Waals surface area contributed by atoms with Gasteiger partial charge in [-0.1, -0.05) is 6.07 Å². The summed E-state index contributed by atoms with van der Waals surface area (Å²) in [5, 5.41) is 3.35. The van der Waals surface area contributed by atoms with E-state index in [1.165, 1.54) is 0 Å². The van der Waals surface area contributed by atoms with Gasteiger partial charge < -0.3 is 9.73 Å². The van der Waals surface area contributed by atoms with Gasteiger partial charge in [0.25, 0.3) is 0 Å². The molecule has 0 bridgehead atoms. The van der Waals surface area contributed by atoms with Gasteiger partial charge in [-0.05, 0) is 47.1 Å². The Morgan fingerprint density at radius 1 is 1.38 bits per heavy atom. The van der Waals surface area contributed by atoms with Gasteiger partial charge in [0.1, 0.15) is 10.4 Å².